The highest BCUT2D eigenvalue weighted by atomic mass is 16.5. The normalized spacial score (nSPS) is 14.0. The minimum absolute atomic E-state index is 0.0582. The monoisotopic (exact) mass is 369 g/mol. The number of para-hydroxylation sites is 2. The predicted octanol–water partition coefficient (Wildman–Crippen LogP) is 2.00. The summed E-state index contributed by atoms with van der Waals surface area (Å²) in [5.74, 6) is -0.628. The van der Waals surface area contributed by atoms with Gasteiger partial charge >= 0.3 is 11.8 Å². The molecule has 0 aliphatic carbocycles. The number of methoxy groups -OCH3 is 1. The molecule has 0 bridgehead atoms. The Morgan fingerprint density at radius 1 is 1.07 bits per heavy atom. The summed E-state index contributed by atoms with van der Waals surface area (Å²) in [5, 5.41) is 12.4. The van der Waals surface area contributed by atoms with Crippen LogP contribution in [0, 0.1) is 6.92 Å². The van der Waals surface area contributed by atoms with E-state index in [1.54, 1.807) is 19.2 Å². The topological polar surface area (TPSA) is 82.1 Å². The van der Waals surface area contributed by atoms with Crippen LogP contribution in [0.4, 0.5) is 11.4 Å². The van der Waals surface area contributed by atoms with Crippen LogP contribution in [0.15, 0.2) is 42.5 Å². The molecule has 0 aromatic heterocycles. The van der Waals surface area contributed by atoms with Gasteiger partial charge in [-0.25, -0.2) is 0 Å². The number of rotatable bonds is 3. The molecule has 7 nitrogen and oxygen atoms in total. The van der Waals surface area contributed by atoms with E-state index in [0.717, 1.165) is 17.0 Å². The van der Waals surface area contributed by atoms with E-state index < -0.39 is 11.8 Å². The fourth-order valence-electron chi connectivity index (χ4n) is 3.11. The summed E-state index contributed by atoms with van der Waals surface area (Å²) < 4.78 is 5.39. The number of anilines is 2. The van der Waals surface area contributed by atoms with Gasteiger partial charge in [0.1, 0.15) is 11.5 Å². The second kappa shape index (κ2) is 7.99. The number of hydrogen-bond donors (Lipinski definition) is 2. The molecular weight excluding hydrogens is 346 g/mol. The molecule has 2 aromatic carbocycles. The minimum atomic E-state index is -0.750. The molecule has 1 saturated heterocycles. The zero-order valence-electron chi connectivity index (χ0n) is 15.4. The Labute approximate surface area is 158 Å². The van der Waals surface area contributed by atoms with Gasteiger partial charge in [0.25, 0.3) is 0 Å². The number of carbonyl (C=O) groups is 2. The number of phenolic OH excluding ortho intramolecular Hbond substituents is 1. The van der Waals surface area contributed by atoms with Crippen molar-refractivity contribution in [1.82, 2.24) is 4.90 Å². The molecule has 0 radical (unpaired) electrons. The third-order valence-electron chi connectivity index (χ3n) is 4.59. The van der Waals surface area contributed by atoms with E-state index in [4.69, 9.17) is 4.74 Å². The Morgan fingerprint density at radius 3 is 2.44 bits per heavy atom. The smallest absolute Gasteiger partial charge is 0.314 e. The number of aromatic hydroxyl groups is 1. The molecule has 142 valence electrons. The van der Waals surface area contributed by atoms with Gasteiger partial charge in [0.05, 0.1) is 18.5 Å². The van der Waals surface area contributed by atoms with Crippen LogP contribution in [0.5, 0.6) is 11.5 Å². The number of phenols is 1. The maximum Gasteiger partial charge on any atom is 0.314 e. The molecule has 0 atom stereocenters. The molecular formula is C20H23N3O4. The van der Waals surface area contributed by atoms with E-state index in [0.29, 0.717) is 26.2 Å². The first-order chi connectivity index (χ1) is 13.0. The fourth-order valence-corrected chi connectivity index (χ4v) is 3.11. The van der Waals surface area contributed by atoms with Crippen molar-refractivity contribution in [1.29, 1.82) is 0 Å². The number of hydrogen-bond acceptors (Lipinski definition) is 5. The lowest BCUT2D eigenvalue weighted by atomic mass is 10.2. The summed E-state index contributed by atoms with van der Waals surface area (Å²) in [6, 6.07) is 12.6. The highest BCUT2D eigenvalue weighted by molar-refractivity contribution is 6.39. The number of nitrogens with one attached hydrogen (secondary N) is 1. The fraction of sp³-hybridized carbons (Fsp3) is 0.300. The van der Waals surface area contributed by atoms with Crippen molar-refractivity contribution in [3.63, 3.8) is 0 Å². The zero-order chi connectivity index (χ0) is 19.4. The summed E-state index contributed by atoms with van der Waals surface area (Å²) in [4.78, 5) is 28.3. The van der Waals surface area contributed by atoms with Crippen molar-refractivity contribution in [3.05, 3.63) is 48.0 Å². The number of aryl methyl sites for hydroxylation is 1. The molecule has 27 heavy (non-hydrogen) atoms. The number of carbonyl (C=O) groups excluding carboxylic acids is 2. The molecule has 2 amide bonds. The number of piperazine rings is 1. The first-order valence-electron chi connectivity index (χ1n) is 8.77. The number of benzene rings is 2. The van der Waals surface area contributed by atoms with Crippen LogP contribution in [0.3, 0.4) is 0 Å². The van der Waals surface area contributed by atoms with E-state index in [2.05, 4.69) is 10.2 Å². The van der Waals surface area contributed by atoms with Crippen molar-refractivity contribution in [2.24, 2.45) is 0 Å². The van der Waals surface area contributed by atoms with Gasteiger partial charge in [-0.2, -0.15) is 0 Å². The average molecular weight is 369 g/mol. The lowest BCUT2D eigenvalue weighted by Crippen LogP contribution is -2.51. The summed E-state index contributed by atoms with van der Waals surface area (Å²) in [6.45, 7) is 3.91. The van der Waals surface area contributed by atoms with Crippen molar-refractivity contribution < 1.29 is 19.4 Å². The van der Waals surface area contributed by atoms with Gasteiger partial charge in [0.2, 0.25) is 0 Å². The predicted molar refractivity (Wildman–Crippen MR) is 103 cm³/mol. The molecule has 2 N–H and O–H groups in total. The average Bonchev–Trinajstić information content (AvgIpc) is 2.69. The second-order valence-corrected chi connectivity index (χ2v) is 6.43. The van der Waals surface area contributed by atoms with Crippen molar-refractivity contribution in [3.8, 4) is 11.5 Å². The van der Waals surface area contributed by atoms with Gasteiger partial charge < -0.3 is 25.0 Å². The minimum Gasteiger partial charge on any atom is -0.506 e. The van der Waals surface area contributed by atoms with Crippen LogP contribution in [0.25, 0.3) is 0 Å². The largest absolute Gasteiger partial charge is 0.506 e. The number of ether oxygens (including phenoxy) is 1. The van der Waals surface area contributed by atoms with Crippen LogP contribution in [0.2, 0.25) is 0 Å². The van der Waals surface area contributed by atoms with Gasteiger partial charge in [0, 0.05) is 26.2 Å². The SMILES string of the molecule is COc1ccccc1N1CCN(C(=O)C(=O)Nc2ccc(C)cc2O)CC1. The standard InChI is InChI=1S/C20H23N3O4/c1-14-7-8-15(17(24)13-14)21-19(25)20(26)23-11-9-22(10-12-23)16-5-3-4-6-18(16)27-2/h3-8,13,24H,9-12H2,1-2H3,(H,21,25). The van der Waals surface area contributed by atoms with Gasteiger partial charge in [-0.05, 0) is 36.8 Å². The molecule has 1 aliphatic heterocycles. The van der Waals surface area contributed by atoms with Crippen molar-refractivity contribution in [2.45, 2.75) is 6.92 Å². The van der Waals surface area contributed by atoms with E-state index in [1.807, 2.05) is 31.2 Å². The first-order valence-corrected chi connectivity index (χ1v) is 8.77. The summed E-state index contributed by atoms with van der Waals surface area (Å²) in [6.07, 6.45) is 0. The van der Waals surface area contributed by atoms with Crippen LogP contribution in [-0.2, 0) is 9.59 Å². The summed E-state index contributed by atoms with van der Waals surface area (Å²) >= 11 is 0. The van der Waals surface area contributed by atoms with Gasteiger partial charge in [0.15, 0.2) is 0 Å². The third kappa shape index (κ3) is 4.13. The molecule has 1 fully saturated rings. The molecule has 0 saturated carbocycles. The van der Waals surface area contributed by atoms with Crippen LogP contribution >= 0.6 is 0 Å². The molecule has 3 rings (SSSR count). The van der Waals surface area contributed by atoms with Gasteiger partial charge in [-0.1, -0.05) is 18.2 Å². The van der Waals surface area contributed by atoms with Crippen LogP contribution < -0.4 is 15.0 Å². The number of nitrogens with zero attached hydrogens (tertiary/aromatic N) is 2. The Bertz CT molecular complexity index is 845. The molecule has 1 aliphatic rings. The van der Waals surface area contributed by atoms with E-state index in [9.17, 15) is 14.7 Å². The third-order valence-corrected chi connectivity index (χ3v) is 4.59. The van der Waals surface area contributed by atoms with Crippen molar-refractivity contribution >= 4 is 23.2 Å². The molecule has 0 spiro atoms. The maximum atomic E-state index is 12.4. The summed E-state index contributed by atoms with van der Waals surface area (Å²) in [5.41, 5.74) is 2.07. The lowest BCUT2D eigenvalue weighted by Gasteiger charge is -2.36. The zero-order valence-corrected chi connectivity index (χ0v) is 15.4. The van der Waals surface area contributed by atoms with E-state index in [1.165, 1.54) is 11.0 Å². The van der Waals surface area contributed by atoms with Crippen LogP contribution in [-0.4, -0.2) is 55.1 Å². The Morgan fingerprint density at radius 2 is 1.78 bits per heavy atom. The first kappa shape index (κ1) is 18.6. The lowest BCUT2D eigenvalue weighted by molar-refractivity contribution is -0.143. The van der Waals surface area contributed by atoms with Crippen LogP contribution in [0.1, 0.15) is 5.56 Å². The quantitative estimate of drug-likeness (QED) is 0.639. The van der Waals surface area contributed by atoms with Crippen molar-refractivity contribution in [2.75, 3.05) is 43.5 Å². The second-order valence-electron chi connectivity index (χ2n) is 6.43. The Balaban J connectivity index is 1.60. The summed E-state index contributed by atoms with van der Waals surface area (Å²) in [7, 11) is 1.63. The van der Waals surface area contributed by atoms with E-state index in [-0.39, 0.29) is 11.4 Å². The van der Waals surface area contributed by atoms with E-state index >= 15 is 0 Å². The highest BCUT2D eigenvalue weighted by Gasteiger charge is 2.27. The Hall–Kier alpha value is -3.22. The Kier molecular flexibility index (Phi) is 5.49. The van der Waals surface area contributed by atoms with Gasteiger partial charge in [-0.3, -0.25) is 9.59 Å². The molecule has 0 unspecified atom stereocenters. The highest BCUT2D eigenvalue weighted by Crippen LogP contribution is 2.28. The number of amides is 2. The van der Waals surface area contributed by atoms with Gasteiger partial charge in [-0.15, -0.1) is 0 Å². The maximum absolute atomic E-state index is 12.4. The molecule has 7 heteroatoms. The molecule has 2 aromatic rings. The molecule has 1 heterocycles.